The van der Waals surface area contributed by atoms with Crippen LogP contribution in [-0.4, -0.2) is 4.98 Å². The van der Waals surface area contributed by atoms with E-state index in [0.29, 0.717) is 5.92 Å². The summed E-state index contributed by atoms with van der Waals surface area (Å²) in [6.07, 6.45) is 6.55. The molecule has 20 heavy (non-hydrogen) atoms. The topological polar surface area (TPSA) is 38.9 Å². The Balaban J connectivity index is 1.95. The molecule has 0 spiro atoms. The lowest BCUT2D eigenvalue weighted by Gasteiger charge is -2.18. The Kier molecular flexibility index (Phi) is 4.13. The highest BCUT2D eigenvalue weighted by atomic mass is 79.9. The Bertz CT molecular complexity index is 615. The van der Waals surface area contributed by atoms with E-state index >= 15 is 0 Å². The summed E-state index contributed by atoms with van der Waals surface area (Å²) in [5.74, 6) is 0.619. The minimum absolute atomic E-state index is 0.619. The van der Waals surface area contributed by atoms with E-state index < -0.39 is 0 Å². The predicted octanol–water partition coefficient (Wildman–Crippen LogP) is 5.51. The number of hydrogen-bond donors (Lipinski definition) is 1. The first-order valence-corrected chi connectivity index (χ1v) is 8.79. The maximum atomic E-state index is 6.22. The number of rotatable bonds is 2. The molecule has 0 radical (unpaired) electrons. The van der Waals surface area contributed by atoms with Crippen molar-refractivity contribution in [3.63, 3.8) is 0 Å². The van der Waals surface area contributed by atoms with Gasteiger partial charge in [-0.1, -0.05) is 47.3 Å². The maximum Gasteiger partial charge on any atom is 0.114 e. The van der Waals surface area contributed by atoms with Crippen molar-refractivity contribution in [1.29, 1.82) is 0 Å². The Morgan fingerprint density at radius 3 is 2.70 bits per heavy atom. The number of nitrogen functional groups attached to an aromatic ring is 1. The second kappa shape index (κ2) is 5.86. The van der Waals surface area contributed by atoms with E-state index in [9.17, 15) is 0 Å². The van der Waals surface area contributed by atoms with Gasteiger partial charge in [0.05, 0.1) is 5.01 Å². The quantitative estimate of drug-likeness (QED) is 0.775. The van der Waals surface area contributed by atoms with Gasteiger partial charge in [-0.15, -0.1) is 11.3 Å². The minimum atomic E-state index is 0.619. The molecule has 3 rings (SSSR count). The molecule has 0 bridgehead atoms. The van der Waals surface area contributed by atoms with E-state index in [2.05, 4.69) is 41.1 Å². The number of nitrogens with zero attached hydrogens (tertiary/aromatic N) is 1. The molecule has 106 valence electrons. The van der Waals surface area contributed by atoms with E-state index in [4.69, 9.17) is 10.7 Å². The molecule has 0 atom stereocenters. The molecule has 2 nitrogen and oxygen atoms in total. The minimum Gasteiger partial charge on any atom is -0.389 e. The molecule has 0 unspecified atom stereocenters. The fraction of sp³-hybridized carbons (Fsp3) is 0.438. The molecule has 4 heteroatoms. The Hall–Kier alpha value is -0.870. The highest BCUT2D eigenvalue weighted by Crippen LogP contribution is 2.41. The van der Waals surface area contributed by atoms with E-state index in [0.717, 1.165) is 20.7 Å². The standard InChI is InChI=1S/C16H19BrN2S/c1-10-7-8-12(13(17)9-10)14-15(18)20-16(19-14)11-5-3-2-4-6-11/h7-9,11H,2-6,18H2,1H3. The van der Waals surface area contributed by atoms with Gasteiger partial charge in [-0.25, -0.2) is 4.98 Å². The van der Waals surface area contributed by atoms with Gasteiger partial charge in [-0.2, -0.15) is 0 Å². The average molecular weight is 351 g/mol. The van der Waals surface area contributed by atoms with Crippen LogP contribution in [0.1, 0.15) is 48.6 Å². The highest BCUT2D eigenvalue weighted by molar-refractivity contribution is 9.10. The SMILES string of the molecule is Cc1ccc(-c2nc(C3CCCCC3)sc2N)c(Br)c1. The van der Waals surface area contributed by atoms with Gasteiger partial charge in [0.1, 0.15) is 10.7 Å². The number of hydrogen-bond acceptors (Lipinski definition) is 3. The Morgan fingerprint density at radius 1 is 1.25 bits per heavy atom. The molecule has 2 aromatic rings. The predicted molar refractivity (Wildman–Crippen MR) is 90.2 cm³/mol. The average Bonchev–Trinajstić information content (AvgIpc) is 2.82. The van der Waals surface area contributed by atoms with Crippen LogP contribution in [-0.2, 0) is 0 Å². The first-order valence-electron chi connectivity index (χ1n) is 7.18. The molecule has 1 aromatic carbocycles. The number of aryl methyl sites for hydroxylation is 1. The van der Waals surface area contributed by atoms with Crippen LogP contribution in [0.2, 0.25) is 0 Å². The van der Waals surface area contributed by atoms with Gasteiger partial charge in [-0.3, -0.25) is 0 Å². The Morgan fingerprint density at radius 2 is 2.00 bits per heavy atom. The second-order valence-electron chi connectivity index (χ2n) is 5.58. The van der Waals surface area contributed by atoms with Gasteiger partial charge >= 0.3 is 0 Å². The van der Waals surface area contributed by atoms with Crippen LogP contribution in [0.5, 0.6) is 0 Å². The molecule has 0 aliphatic heterocycles. The summed E-state index contributed by atoms with van der Waals surface area (Å²) in [6, 6.07) is 6.34. The second-order valence-corrected chi connectivity index (χ2v) is 7.50. The van der Waals surface area contributed by atoms with Crippen LogP contribution in [0, 0.1) is 6.92 Å². The van der Waals surface area contributed by atoms with Gasteiger partial charge in [0.25, 0.3) is 0 Å². The largest absolute Gasteiger partial charge is 0.389 e. The molecule has 2 N–H and O–H groups in total. The Labute approximate surface area is 132 Å². The molecule has 1 aliphatic rings. The van der Waals surface area contributed by atoms with Crippen molar-refractivity contribution >= 4 is 32.3 Å². The number of thiazole rings is 1. The molecule has 1 aromatic heterocycles. The van der Waals surface area contributed by atoms with Crippen LogP contribution >= 0.6 is 27.3 Å². The van der Waals surface area contributed by atoms with Crippen LogP contribution in [0.4, 0.5) is 5.00 Å². The molecular weight excluding hydrogens is 332 g/mol. The molecule has 1 heterocycles. The monoisotopic (exact) mass is 350 g/mol. The summed E-state index contributed by atoms with van der Waals surface area (Å²) in [5.41, 5.74) is 9.51. The number of nitrogens with two attached hydrogens (primary N) is 1. The number of benzene rings is 1. The fourth-order valence-electron chi connectivity index (χ4n) is 2.88. The van der Waals surface area contributed by atoms with Gasteiger partial charge in [0.2, 0.25) is 0 Å². The molecule has 1 fully saturated rings. The van der Waals surface area contributed by atoms with Crippen molar-refractivity contribution in [2.24, 2.45) is 0 Å². The lowest BCUT2D eigenvalue weighted by atomic mass is 9.90. The van der Waals surface area contributed by atoms with Crippen LogP contribution in [0.25, 0.3) is 11.3 Å². The summed E-state index contributed by atoms with van der Waals surface area (Å²) in [7, 11) is 0. The molecule has 0 amide bonds. The first kappa shape index (κ1) is 14.1. The van der Waals surface area contributed by atoms with E-state index in [1.807, 2.05) is 0 Å². The van der Waals surface area contributed by atoms with Crippen molar-refractivity contribution in [2.45, 2.75) is 44.9 Å². The summed E-state index contributed by atoms with van der Waals surface area (Å²) < 4.78 is 1.07. The van der Waals surface area contributed by atoms with E-state index in [1.165, 1.54) is 42.7 Å². The lowest BCUT2D eigenvalue weighted by molar-refractivity contribution is 0.442. The first-order chi connectivity index (χ1) is 9.65. The zero-order valence-corrected chi connectivity index (χ0v) is 14.1. The third-order valence-electron chi connectivity index (χ3n) is 4.00. The number of anilines is 1. The number of halogens is 1. The zero-order valence-electron chi connectivity index (χ0n) is 11.7. The van der Waals surface area contributed by atoms with E-state index in [-0.39, 0.29) is 0 Å². The summed E-state index contributed by atoms with van der Waals surface area (Å²) in [6.45, 7) is 2.09. The normalized spacial score (nSPS) is 16.5. The molecular formula is C16H19BrN2S. The number of aromatic nitrogens is 1. The smallest absolute Gasteiger partial charge is 0.114 e. The van der Waals surface area contributed by atoms with E-state index in [1.54, 1.807) is 11.3 Å². The fourth-order valence-corrected chi connectivity index (χ4v) is 4.58. The maximum absolute atomic E-state index is 6.22. The molecule has 0 saturated heterocycles. The summed E-state index contributed by atoms with van der Waals surface area (Å²) in [5, 5.41) is 2.07. The summed E-state index contributed by atoms with van der Waals surface area (Å²) >= 11 is 5.31. The van der Waals surface area contributed by atoms with Gasteiger partial charge in [0, 0.05) is 16.0 Å². The summed E-state index contributed by atoms with van der Waals surface area (Å²) in [4.78, 5) is 4.86. The van der Waals surface area contributed by atoms with Crippen molar-refractivity contribution < 1.29 is 0 Å². The van der Waals surface area contributed by atoms with Gasteiger partial charge < -0.3 is 5.73 Å². The zero-order chi connectivity index (χ0) is 14.1. The molecule has 1 saturated carbocycles. The highest BCUT2D eigenvalue weighted by Gasteiger charge is 2.21. The third-order valence-corrected chi connectivity index (χ3v) is 5.71. The van der Waals surface area contributed by atoms with Crippen LogP contribution < -0.4 is 5.73 Å². The third kappa shape index (κ3) is 2.77. The van der Waals surface area contributed by atoms with Crippen molar-refractivity contribution in [2.75, 3.05) is 5.73 Å². The van der Waals surface area contributed by atoms with Crippen molar-refractivity contribution in [3.8, 4) is 11.3 Å². The van der Waals surface area contributed by atoms with Crippen LogP contribution in [0.15, 0.2) is 22.7 Å². The lowest BCUT2D eigenvalue weighted by Crippen LogP contribution is -2.03. The van der Waals surface area contributed by atoms with Gasteiger partial charge in [-0.05, 0) is 31.4 Å². The van der Waals surface area contributed by atoms with Crippen molar-refractivity contribution in [3.05, 3.63) is 33.2 Å². The van der Waals surface area contributed by atoms with Crippen molar-refractivity contribution in [1.82, 2.24) is 4.98 Å². The van der Waals surface area contributed by atoms with Gasteiger partial charge in [0.15, 0.2) is 0 Å². The molecule has 1 aliphatic carbocycles. The van der Waals surface area contributed by atoms with Crippen LogP contribution in [0.3, 0.4) is 0 Å².